The van der Waals surface area contributed by atoms with E-state index in [9.17, 15) is 21.6 Å². The van der Waals surface area contributed by atoms with Gasteiger partial charge in [0, 0.05) is 12.3 Å². The minimum absolute atomic E-state index is 0.0225. The number of nitrogens with zero attached hydrogens (tertiary/aromatic N) is 2. The van der Waals surface area contributed by atoms with Crippen molar-refractivity contribution >= 4 is 37.3 Å². The summed E-state index contributed by atoms with van der Waals surface area (Å²) in [5.74, 6) is -0.866. The minimum atomic E-state index is -4.10. The Labute approximate surface area is 210 Å². The van der Waals surface area contributed by atoms with Gasteiger partial charge in [0.15, 0.2) is 5.78 Å². The van der Waals surface area contributed by atoms with Gasteiger partial charge in [-0.1, -0.05) is 43.3 Å². The van der Waals surface area contributed by atoms with Gasteiger partial charge in [0.05, 0.1) is 32.2 Å². The second-order valence-electron chi connectivity index (χ2n) is 9.85. The summed E-state index contributed by atoms with van der Waals surface area (Å²) in [6, 6.07) is 15.7. The van der Waals surface area contributed by atoms with E-state index < -0.39 is 43.1 Å². The average Bonchev–Trinajstić information content (AvgIpc) is 3.05. The van der Waals surface area contributed by atoms with Crippen molar-refractivity contribution in [3.8, 4) is 0 Å². The lowest BCUT2D eigenvalue weighted by Crippen LogP contribution is -2.50. The van der Waals surface area contributed by atoms with E-state index in [4.69, 9.17) is 4.74 Å². The molecule has 2 heterocycles. The monoisotopic (exact) mass is 526 g/mol. The fraction of sp³-hybridized carbons (Fsp3) is 0.346. The first-order chi connectivity index (χ1) is 16.9. The van der Waals surface area contributed by atoms with E-state index in [2.05, 4.69) is 8.80 Å². The summed E-state index contributed by atoms with van der Waals surface area (Å²) in [6.45, 7) is 5.23. The van der Waals surface area contributed by atoms with Crippen molar-refractivity contribution in [2.24, 2.45) is 20.1 Å². The van der Waals surface area contributed by atoms with Gasteiger partial charge >= 0.3 is 0 Å². The first-order valence-corrected chi connectivity index (χ1v) is 14.5. The van der Waals surface area contributed by atoms with E-state index >= 15 is 0 Å². The molecule has 0 amide bonds. The fourth-order valence-corrected chi connectivity index (χ4v) is 7.90. The van der Waals surface area contributed by atoms with Crippen molar-refractivity contribution in [2.75, 3.05) is 0 Å². The third-order valence-electron chi connectivity index (χ3n) is 7.40. The molecule has 3 aliphatic rings. The van der Waals surface area contributed by atoms with E-state index in [1.807, 2.05) is 6.92 Å². The Kier molecular flexibility index (Phi) is 5.70. The van der Waals surface area contributed by atoms with Crippen LogP contribution in [0.1, 0.15) is 33.6 Å². The van der Waals surface area contributed by atoms with Crippen molar-refractivity contribution in [3.05, 3.63) is 72.3 Å². The van der Waals surface area contributed by atoms with Gasteiger partial charge in [-0.05, 0) is 56.2 Å². The summed E-state index contributed by atoms with van der Waals surface area (Å²) in [6.07, 6.45) is 1.15. The van der Waals surface area contributed by atoms with Gasteiger partial charge in [-0.3, -0.25) is 4.79 Å². The zero-order chi connectivity index (χ0) is 25.9. The highest BCUT2D eigenvalue weighted by molar-refractivity contribution is 7.90. The molecule has 2 fully saturated rings. The first kappa shape index (κ1) is 24.7. The van der Waals surface area contributed by atoms with Gasteiger partial charge in [0.1, 0.15) is 6.10 Å². The quantitative estimate of drug-likeness (QED) is 0.599. The summed E-state index contributed by atoms with van der Waals surface area (Å²) in [7, 11) is -8.18. The lowest BCUT2D eigenvalue weighted by Gasteiger charge is -2.40. The Bertz CT molecular complexity index is 1550. The van der Waals surface area contributed by atoms with Crippen molar-refractivity contribution in [1.82, 2.24) is 0 Å². The van der Waals surface area contributed by atoms with E-state index in [1.54, 1.807) is 50.2 Å². The number of carbonyl (C=O) groups excluding carboxylic acids is 1. The number of hydrogen-bond donors (Lipinski definition) is 0. The third kappa shape index (κ3) is 3.79. The summed E-state index contributed by atoms with van der Waals surface area (Å²) in [5.41, 5.74) is -1.27. The van der Waals surface area contributed by atoms with Crippen LogP contribution in [0.4, 0.5) is 0 Å². The van der Waals surface area contributed by atoms with Crippen LogP contribution in [0.25, 0.3) is 0 Å². The van der Waals surface area contributed by atoms with Crippen LogP contribution in [0, 0.1) is 11.3 Å². The predicted molar refractivity (Wildman–Crippen MR) is 135 cm³/mol. The highest BCUT2D eigenvalue weighted by atomic mass is 32.2. The molecule has 2 saturated heterocycles. The maximum atomic E-state index is 13.2. The Morgan fingerprint density at radius 2 is 1.39 bits per heavy atom. The number of hydrogen-bond acceptors (Lipinski definition) is 6. The molecule has 5 rings (SSSR count). The molecule has 2 aromatic carbocycles. The molecule has 0 radical (unpaired) electrons. The normalized spacial score (nSPS) is 32.4. The number of sulfonamides is 2. The molecule has 8 nitrogen and oxygen atoms in total. The number of ether oxygens (including phenoxy) is 1. The number of carbonyl (C=O) groups is 1. The van der Waals surface area contributed by atoms with Crippen molar-refractivity contribution in [1.29, 1.82) is 0 Å². The van der Waals surface area contributed by atoms with Gasteiger partial charge in [-0.25, -0.2) is 0 Å². The molecule has 10 heteroatoms. The lowest BCUT2D eigenvalue weighted by molar-refractivity contribution is -0.146. The Morgan fingerprint density at radius 1 is 0.861 bits per heavy atom. The molecule has 2 bridgehead atoms. The van der Waals surface area contributed by atoms with E-state index in [1.165, 1.54) is 30.3 Å². The molecule has 0 saturated carbocycles. The largest absolute Gasteiger partial charge is 0.363 e. The van der Waals surface area contributed by atoms with Crippen LogP contribution in [0.3, 0.4) is 0 Å². The maximum absolute atomic E-state index is 13.2. The molecule has 0 N–H and O–H groups in total. The summed E-state index contributed by atoms with van der Waals surface area (Å²) < 4.78 is 67.6. The van der Waals surface area contributed by atoms with Crippen LogP contribution in [0.2, 0.25) is 0 Å². The van der Waals surface area contributed by atoms with Crippen molar-refractivity contribution < 1.29 is 26.4 Å². The molecule has 36 heavy (non-hydrogen) atoms. The van der Waals surface area contributed by atoms with Crippen LogP contribution < -0.4 is 0 Å². The van der Waals surface area contributed by atoms with E-state index in [-0.39, 0.29) is 33.4 Å². The van der Waals surface area contributed by atoms with Gasteiger partial charge in [-0.15, -0.1) is 0 Å². The molecular weight excluding hydrogens is 500 g/mol. The molecule has 1 unspecified atom stereocenters. The average molecular weight is 527 g/mol. The number of rotatable bonds is 4. The number of benzene rings is 2. The van der Waals surface area contributed by atoms with Gasteiger partial charge in [0.25, 0.3) is 20.0 Å². The molecule has 188 valence electrons. The molecular formula is C26H26N2O6S2. The zero-order valence-corrected chi connectivity index (χ0v) is 21.7. The number of Topliss-reactive ketones (excluding diaryl/α,β-unsaturated/α-hetero) is 1. The van der Waals surface area contributed by atoms with E-state index in [0.29, 0.717) is 12.0 Å². The number of ketones is 1. The Hall–Kier alpha value is -2.95. The van der Waals surface area contributed by atoms with Crippen LogP contribution >= 0.6 is 0 Å². The third-order valence-corrected chi connectivity index (χ3v) is 10.0. The predicted octanol–water partition coefficient (Wildman–Crippen LogP) is 3.75. The smallest absolute Gasteiger partial charge is 0.282 e. The summed E-state index contributed by atoms with van der Waals surface area (Å²) >= 11 is 0. The van der Waals surface area contributed by atoms with Crippen molar-refractivity contribution in [3.63, 3.8) is 0 Å². The van der Waals surface area contributed by atoms with E-state index in [0.717, 1.165) is 0 Å². The van der Waals surface area contributed by atoms with Crippen LogP contribution in [0.5, 0.6) is 0 Å². The van der Waals surface area contributed by atoms with Crippen LogP contribution in [0.15, 0.2) is 90.9 Å². The standard InChI is InChI=1S/C26H26N2O6S2/c1-17-16-21(27-35(30,31)18-10-6-4-7-11-18)26(3)23(25(2)15-14-20(29)24(26)34-25)22(17)28-36(32,33)19-12-8-5-9-13-19/h4-13,16,23-24H,14-15H2,1-3H3/b27-21-,28-22+/t23-,24?,25-,26+/m1/s1. The first-order valence-electron chi connectivity index (χ1n) is 11.6. The van der Waals surface area contributed by atoms with Crippen molar-refractivity contribution in [2.45, 2.75) is 55.1 Å². The van der Waals surface area contributed by atoms with Gasteiger partial charge in [0.2, 0.25) is 0 Å². The topological polar surface area (TPSA) is 119 Å². The molecule has 0 aromatic heterocycles. The summed E-state index contributed by atoms with van der Waals surface area (Å²) in [5, 5.41) is 0. The SMILES string of the molecule is CC1=CC(=N/S(=O)(=O)c2ccccc2)/[C@]2(C)C3O[C@](C)(CCC3=O)[C@H]2/C1=N/S(=O)(=O)c1ccccc1. The summed E-state index contributed by atoms with van der Waals surface area (Å²) in [4.78, 5) is 13.1. The lowest BCUT2D eigenvalue weighted by atomic mass is 9.61. The highest BCUT2D eigenvalue weighted by Crippen LogP contribution is 2.58. The number of fused-ring (bicyclic) bond motifs is 5. The molecule has 2 aromatic rings. The van der Waals surface area contributed by atoms with Crippen LogP contribution in [-0.2, 0) is 29.6 Å². The van der Waals surface area contributed by atoms with Gasteiger partial charge in [-0.2, -0.15) is 25.6 Å². The molecule has 4 atom stereocenters. The minimum Gasteiger partial charge on any atom is -0.363 e. The highest BCUT2D eigenvalue weighted by Gasteiger charge is 2.68. The number of allylic oxidation sites excluding steroid dienone is 2. The zero-order valence-electron chi connectivity index (χ0n) is 20.1. The van der Waals surface area contributed by atoms with Crippen LogP contribution in [-0.4, -0.2) is 45.7 Å². The molecule has 0 spiro atoms. The fourth-order valence-electron chi connectivity index (χ4n) is 5.67. The van der Waals surface area contributed by atoms with Gasteiger partial charge < -0.3 is 4.74 Å². The molecule has 1 aliphatic carbocycles. The second-order valence-corrected chi connectivity index (χ2v) is 13.1. The maximum Gasteiger partial charge on any atom is 0.282 e. The Morgan fingerprint density at radius 3 is 1.94 bits per heavy atom. The Balaban J connectivity index is 1.75. The second kappa shape index (κ2) is 8.29. The molecule has 2 aliphatic heterocycles.